The van der Waals surface area contributed by atoms with Crippen LogP contribution in [0.1, 0.15) is 164 Å². The third kappa shape index (κ3) is 15.8. The van der Waals surface area contributed by atoms with E-state index in [0.29, 0.717) is 89.3 Å². The summed E-state index contributed by atoms with van der Waals surface area (Å²) in [4.78, 5) is 146. The first-order valence-electron chi connectivity index (χ1n) is 35.8. The van der Waals surface area contributed by atoms with Gasteiger partial charge in [0.2, 0.25) is 29.5 Å². The molecule has 2 N–H and O–H groups in total. The minimum Gasteiger partial charge on any atom is -0.444 e. The molecule has 4 unspecified atom stereocenters. The average molecular weight is 1380 g/mol. The van der Waals surface area contributed by atoms with E-state index in [0.717, 1.165) is 49.1 Å². The molecule has 25 heteroatoms. The van der Waals surface area contributed by atoms with Crippen LogP contribution in [0.15, 0.2) is 65.3 Å². The number of likely N-dealkylation sites (N-methyl/N-ethyl adjacent to an activating group) is 1. The number of nitrogens with one attached hydrogen (secondary N) is 2. The van der Waals surface area contributed by atoms with Crippen molar-refractivity contribution >= 4 is 70.7 Å². The maximum absolute atomic E-state index is 15.3. The third-order valence-corrected chi connectivity index (χ3v) is 20.9. The quantitative estimate of drug-likeness (QED) is 0.0462. The Kier molecular flexibility index (Phi) is 22.3. The van der Waals surface area contributed by atoms with E-state index in [1.807, 2.05) is 20.0 Å². The summed E-state index contributed by atoms with van der Waals surface area (Å²) in [6.07, 6.45) is 8.52. The second-order valence-electron chi connectivity index (χ2n) is 29.8. The molecule has 100 heavy (non-hydrogen) atoms. The van der Waals surface area contributed by atoms with Gasteiger partial charge in [-0.3, -0.25) is 48.6 Å². The summed E-state index contributed by atoms with van der Waals surface area (Å²) in [5.74, 6) is 4.38. The third-order valence-electron chi connectivity index (χ3n) is 20.9. The number of carbonyl (C=O) groups excluding carboxylic acids is 10. The molecular formula is C75H99N9O16. The number of amides is 9. The number of imide groups is 2. The zero-order valence-corrected chi connectivity index (χ0v) is 59.5. The van der Waals surface area contributed by atoms with Gasteiger partial charge in [-0.25, -0.2) is 9.59 Å². The molecule has 540 valence electrons. The number of fused-ring (bicyclic) bond motifs is 4. The lowest BCUT2D eigenvalue weighted by Crippen LogP contribution is -2.68. The van der Waals surface area contributed by atoms with Crippen molar-refractivity contribution in [2.24, 2.45) is 11.8 Å². The Morgan fingerprint density at radius 2 is 1.38 bits per heavy atom. The minimum absolute atomic E-state index is 0.0343. The highest BCUT2D eigenvalue weighted by molar-refractivity contribution is 6.25. The molecule has 0 aromatic heterocycles. The van der Waals surface area contributed by atoms with E-state index in [1.54, 1.807) is 66.8 Å². The number of nitrogens with zero attached hydrogens (tertiary/aromatic N) is 7. The molecule has 9 aliphatic rings. The van der Waals surface area contributed by atoms with Gasteiger partial charge >= 0.3 is 12.2 Å². The van der Waals surface area contributed by atoms with Gasteiger partial charge in [0, 0.05) is 110 Å². The highest BCUT2D eigenvalue weighted by atomic mass is 16.6. The lowest BCUT2D eigenvalue weighted by Gasteiger charge is -2.46. The number of anilines is 2. The maximum Gasteiger partial charge on any atom is 0.410 e. The molecule has 11 rings (SSSR count). The van der Waals surface area contributed by atoms with Gasteiger partial charge < -0.3 is 63.1 Å². The fraction of sp³-hybridized carbons (Fsp3) is 0.627. The summed E-state index contributed by atoms with van der Waals surface area (Å²) in [6, 6.07) is 10.3. The van der Waals surface area contributed by atoms with Gasteiger partial charge in [-0.2, -0.15) is 0 Å². The van der Waals surface area contributed by atoms with Crippen molar-refractivity contribution in [3.63, 3.8) is 0 Å². The van der Waals surface area contributed by atoms with E-state index < -0.39 is 77.0 Å². The summed E-state index contributed by atoms with van der Waals surface area (Å²) < 4.78 is 35.6. The number of carbonyl (C=O) groups is 10. The van der Waals surface area contributed by atoms with Crippen molar-refractivity contribution in [2.45, 2.75) is 178 Å². The molecule has 0 bridgehead atoms. The molecule has 4 saturated heterocycles. The number of allylic oxidation sites excluding steroid dienone is 4. The molecule has 6 fully saturated rings. The molecule has 8 atom stereocenters. The molecular weight excluding hydrogens is 1280 g/mol. The topological polar surface area (TPSA) is 276 Å². The number of piperazine rings is 2. The maximum atomic E-state index is 15.3. The van der Waals surface area contributed by atoms with Crippen LogP contribution in [-0.4, -0.2) is 242 Å². The van der Waals surface area contributed by atoms with Crippen LogP contribution in [0.5, 0.6) is 0 Å². The Bertz CT molecular complexity index is 3640. The summed E-state index contributed by atoms with van der Waals surface area (Å²) in [7, 11) is 3.63. The summed E-state index contributed by atoms with van der Waals surface area (Å²) in [5, 5.41) is 5.41. The number of piperidine rings is 1. The molecule has 5 heterocycles. The SMILES string of the molecule is CC#C[C@]12CCC3[C@@H]4CCC5=CC(=O)CCC5=C4[C@@H](c4ccc(N(C)CCCC(=O)N5CCN(C(=O)OC(C)(C)C)CC5C(=O)N5CCN(C(=O)OC(C)(C)C)CC5C(=O)N(C)CCCOCCOCCOCCCNc5cccc6c5C(=O)N(C5CCC(=O)NC5=O)C6=O)cc4)C[C@@]31O2. The Balaban J connectivity index is 0.659. The van der Waals surface area contributed by atoms with Crippen LogP contribution in [0.3, 0.4) is 0 Å². The molecule has 9 amide bonds. The first-order valence-corrected chi connectivity index (χ1v) is 35.8. The number of rotatable bonds is 24. The Labute approximate surface area is 586 Å². The van der Waals surface area contributed by atoms with Gasteiger partial charge in [0.15, 0.2) is 11.4 Å². The van der Waals surface area contributed by atoms with Gasteiger partial charge in [-0.1, -0.05) is 29.7 Å². The summed E-state index contributed by atoms with van der Waals surface area (Å²) in [5.41, 5.74) is 4.86. The van der Waals surface area contributed by atoms with E-state index in [2.05, 4.69) is 51.6 Å². The minimum atomic E-state index is -1.16. The van der Waals surface area contributed by atoms with Gasteiger partial charge in [0.1, 0.15) is 34.9 Å². The molecule has 1 spiro atoms. The number of hydrogen-bond acceptors (Lipinski definition) is 18. The molecule has 5 aliphatic heterocycles. The van der Waals surface area contributed by atoms with E-state index in [4.69, 9.17) is 28.4 Å². The largest absolute Gasteiger partial charge is 0.444 e. The molecule has 0 radical (unpaired) electrons. The zero-order chi connectivity index (χ0) is 71.4. The summed E-state index contributed by atoms with van der Waals surface area (Å²) >= 11 is 0. The summed E-state index contributed by atoms with van der Waals surface area (Å²) in [6.45, 7) is 15.4. The van der Waals surface area contributed by atoms with E-state index in [1.165, 1.54) is 46.8 Å². The molecule has 2 saturated carbocycles. The highest BCUT2D eigenvalue weighted by Gasteiger charge is 2.79. The van der Waals surface area contributed by atoms with Crippen molar-refractivity contribution in [2.75, 3.05) is 123 Å². The van der Waals surface area contributed by atoms with Crippen molar-refractivity contribution < 1.29 is 76.4 Å². The number of hydrogen-bond donors (Lipinski definition) is 2. The van der Waals surface area contributed by atoms with Gasteiger partial charge in [-0.15, -0.1) is 5.92 Å². The molecule has 2 aromatic carbocycles. The second-order valence-corrected chi connectivity index (χ2v) is 29.8. The van der Waals surface area contributed by atoms with Crippen LogP contribution in [0.25, 0.3) is 0 Å². The van der Waals surface area contributed by atoms with Gasteiger partial charge in [0.05, 0.1) is 50.6 Å². The molecule has 4 aliphatic carbocycles. The van der Waals surface area contributed by atoms with Crippen LogP contribution in [0.2, 0.25) is 0 Å². The Hall–Kier alpha value is -8.18. The lowest BCUT2D eigenvalue weighted by atomic mass is 9.57. The fourth-order valence-electron chi connectivity index (χ4n) is 16.2. The predicted molar refractivity (Wildman–Crippen MR) is 369 cm³/mol. The van der Waals surface area contributed by atoms with Gasteiger partial charge in [0.25, 0.3) is 11.8 Å². The highest BCUT2D eigenvalue weighted by Crippen LogP contribution is 2.73. The van der Waals surface area contributed by atoms with Gasteiger partial charge in [-0.05, 0) is 172 Å². The van der Waals surface area contributed by atoms with Crippen molar-refractivity contribution in [3.05, 3.63) is 82.0 Å². The molecule has 25 nitrogen and oxygen atoms in total. The van der Waals surface area contributed by atoms with Crippen molar-refractivity contribution in [1.82, 2.24) is 34.7 Å². The van der Waals surface area contributed by atoms with Crippen molar-refractivity contribution in [3.8, 4) is 11.8 Å². The van der Waals surface area contributed by atoms with Crippen LogP contribution >= 0.6 is 0 Å². The number of epoxide rings is 1. The normalized spacial score (nSPS) is 25.6. The lowest BCUT2D eigenvalue weighted by molar-refractivity contribution is -0.157. The average Bonchev–Trinajstić information content (AvgIpc) is 1.49. The number of ether oxygens (including phenoxy) is 6. The number of benzene rings is 2. The predicted octanol–water partition coefficient (Wildman–Crippen LogP) is 7.02. The van der Waals surface area contributed by atoms with E-state index >= 15 is 4.79 Å². The number of ketones is 1. The zero-order valence-electron chi connectivity index (χ0n) is 59.5. The first kappa shape index (κ1) is 73.1. The Morgan fingerprint density at radius 3 is 2.05 bits per heavy atom. The van der Waals surface area contributed by atoms with Crippen LogP contribution in [-0.2, 0) is 57.2 Å². The van der Waals surface area contributed by atoms with E-state index in [9.17, 15) is 43.2 Å². The monoisotopic (exact) mass is 1380 g/mol. The molecule has 2 aromatic rings. The smallest absolute Gasteiger partial charge is 0.410 e. The fourth-order valence-corrected chi connectivity index (χ4v) is 16.2. The Morgan fingerprint density at radius 1 is 0.720 bits per heavy atom. The van der Waals surface area contributed by atoms with Crippen LogP contribution < -0.4 is 15.5 Å². The van der Waals surface area contributed by atoms with Crippen molar-refractivity contribution in [1.29, 1.82) is 0 Å². The van der Waals surface area contributed by atoms with Crippen LogP contribution in [0, 0.1) is 23.7 Å². The standard InChI is InChI=1S/C75H99N9O16/c1-10-29-74-30-28-56-53-24-20-49-44-51(85)23-25-52(49)63(53)55(45-75(56,74)100-74)48-18-21-50(22-19-48)78(8)32-12-17-62(87)82-36-34-80(70(93)98-72(2,3)4)47-60(82)68(91)83-37-35-81(71(94)99-73(5,6)7)46-59(83)67(90)79(9)33-14-39-96-41-43-97-42-40-95-38-13-31-76-57-16-11-15-54-64(57)69(92)84(66(54)89)58-26-27-61(86)77-65(58)88/h11,15-16,18-19,21-22,44,53,55-56,58-60,76H,12-14,17,20,23-28,30-43,45-47H2,1-9H3,(H,77,86,88)/t53-,55+,56?,58?,59?,60?,74-,75+/m0/s1. The first-order chi connectivity index (χ1) is 47.7. The second kappa shape index (κ2) is 30.6. The van der Waals surface area contributed by atoms with E-state index in [-0.39, 0.29) is 112 Å². The van der Waals surface area contributed by atoms with Crippen LogP contribution in [0.4, 0.5) is 21.0 Å².